The summed E-state index contributed by atoms with van der Waals surface area (Å²) in [6.45, 7) is 10.2. The summed E-state index contributed by atoms with van der Waals surface area (Å²) in [5.41, 5.74) is 1.10. The normalized spacial score (nSPS) is 14.0. The van der Waals surface area contributed by atoms with Crippen molar-refractivity contribution in [1.29, 1.82) is 0 Å². The molecule has 1 heterocycles. The average molecular weight is 211 g/mol. The third-order valence-corrected chi connectivity index (χ3v) is 2.86. The molecule has 3 nitrogen and oxygen atoms in total. The van der Waals surface area contributed by atoms with Crippen molar-refractivity contribution in [3.8, 4) is 0 Å². The fraction of sp³-hybridized carbons (Fsp3) is 0.600. The van der Waals surface area contributed by atoms with Crippen molar-refractivity contribution in [1.82, 2.24) is 14.9 Å². The summed E-state index contributed by atoms with van der Waals surface area (Å²) in [4.78, 5) is 1.16. The van der Waals surface area contributed by atoms with Gasteiger partial charge in [-0.15, -0.1) is 11.7 Å². The lowest BCUT2D eigenvalue weighted by Crippen LogP contribution is -2.20. The van der Waals surface area contributed by atoms with Gasteiger partial charge in [-0.2, -0.15) is 0 Å². The van der Waals surface area contributed by atoms with Gasteiger partial charge in [-0.05, 0) is 18.6 Å². The molecule has 1 rings (SSSR count). The maximum Gasteiger partial charge on any atom is 0.0860 e. The number of hydrogen-bond donors (Lipinski definition) is 1. The molecule has 1 aromatic rings. The molecule has 78 valence electrons. The summed E-state index contributed by atoms with van der Waals surface area (Å²) in [5, 5.41) is 7.36. The van der Waals surface area contributed by atoms with Crippen LogP contribution in [0.4, 0.5) is 0 Å². The molecule has 0 fully saturated rings. The molecule has 1 atom stereocenters. The molecule has 0 bridgehead atoms. The fourth-order valence-electron chi connectivity index (χ4n) is 1.28. The third-order valence-electron chi connectivity index (χ3n) is 2.05. The van der Waals surface area contributed by atoms with Gasteiger partial charge in [0.15, 0.2) is 0 Å². The standard InChI is InChI=1S/C10H17N3S/c1-6-7(11-5)8-9(10(2,3)4)12-13-14-8/h6-7,11H,1H2,2-5H3. The second-order valence-electron chi connectivity index (χ2n) is 4.24. The maximum atomic E-state index is 4.19. The summed E-state index contributed by atoms with van der Waals surface area (Å²) < 4.78 is 4.01. The zero-order chi connectivity index (χ0) is 10.8. The molecule has 0 saturated carbocycles. The second-order valence-corrected chi connectivity index (χ2v) is 5.02. The van der Waals surface area contributed by atoms with E-state index in [1.807, 2.05) is 13.1 Å². The van der Waals surface area contributed by atoms with Crippen molar-refractivity contribution in [2.45, 2.75) is 32.2 Å². The zero-order valence-electron chi connectivity index (χ0n) is 9.16. The van der Waals surface area contributed by atoms with E-state index in [9.17, 15) is 0 Å². The first-order chi connectivity index (χ1) is 6.50. The van der Waals surface area contributed by atoms with Gasteiger partial charge >= 0.3 is 0 Å². The highest BCUT2D eigenvalue weighted by atomic mass is 32.1. The molecule has 1 N–H and O–H groups in total. The molecule has 0 aromatic carbocycles. The van der Waals surface area contributed by atoms with Crippen LogP contribution in [0.1, 0.15) is 37.4 Å². The molecule has 4 heteroatoms. The predicted octanol–water partition coefficient (Wildman–Crippen LogP) is 2.28. The SMILES string of the molecule is C=CC(NC)c1snnc1C(C)(C)C. The topological polar surface area (TPSA) is 37.8 Å². The zero-order valence-corrected chi connectivity index (χ0v) is 9.98. The van der Waals surface area contributed by atoms with Gasteiger partial charge in [0.05, 0.1) is 16.6 Å². The predicted molar refractivity (Wildman–Crippen MR) is 60.6 cm³/mol. The van der Waals surface area contributed by atoms with Crippen molar-refractivity contribution in [2.75, 3.05) is 7.05 Å². The molecule has 1 aromatic heterocycles. The van der Waals surface area contributed by atoms with E-state index in [-0.39, 0.29) is 11.5 Å². The van der Waals surface area contributed by atoms with Gasteiger partial charge in [0.1, 0.15) is 0 Å². The fourth-order valence-corrected chi connectivity index (χ4v) is 2.25. The number of likely N-dealkylation sites (N-methyl/N-ethyl adjacent to an activating group) is 1. The summed E-state index contributed by atoms with van der Waals surface area (Å²) in [6, 6.07) is 0.157. The lowest BCUT2D eigenvalue weighted by molar-refractivity contribution is 0.551. The second kappa shape index (κ2) is 4.19. The molecule has 1 unspecified atom stereocenters. The molecule has 0 aliphatic heterocycles. The van der Waals surface area contributed by atoms with Gasteiger partial charge < -0.3 is 5.32 Å². The number of aromatic nitrogens is 2. The minimum absolute atomic E-state index is 0.0421. The van der Waals surface area contributed by atoms with E-state index in [0.717, 1.165) is 10.6 Å². The van der Waals surface area contributed by atoms with E-state index >= 15 is 0 Å². The summed E-state index contributed by atoms with van der Waals surface area (Å²) >= 11 is 1.44. The van der Waals surface area contributed by atoms with E-state index in [2.05, 4.69) is 42.3 Å². The Balaban J connectivity index is 3.09. The van der Waals surface area contributed by atoms with Crippen LogP contribution in [0.15, 0.2) is 12.7 Å². The van der Waals surface area contributed by atoms with Crippen molar-refractivity contribution in [3.63, 3.8) is 0 Å². The van der Waals surface area contributed by atoms with Crippen molar-refractivity contribution in [2.24, 2.45) is 0 Å². The van der Waals surface area contributed by atoms with Crippen molar-refractivity contribution < 1.29 is 0 Å². The van der Waals surface area contributed by atoms with Gasteiger partial charge in [-0.25, -0.2) is 0 Å². The Morgan fingerprint density at radius 1 is 1.50 bits per heavy atom. The smallest absolute Gasteiger partial charge is 0.0860 e. The Labute approximate surface area is 89.4 Å². The van der Waals surface area contributed by atoms with Crippen molar-refractivity contribution >= 4 is 11.5 Å². The quantitative estimate of drug-likeness (QED) is 0.779. The van der Waals surface area contributed by atoms with Crippen LogP contribution in [0.2, 0.25) is 0 Å². The van der Waals surface area contributed by atoms with Gasteiger partial charge in [-0.3, -0.25) is 0 Å². The first kappa shape index (κ1) is 11.3. The first-order valence-corrected chi connectivity index (χ1v) is 5.40. The van der Waals surface area contributed by atoms with Crippen LogP contribution in [-0.4, -0.2) is 16.6 Å². The molecule has 0 spiro atoms. The minimum atomic E-state index is 0.0421. The van der Waals surface area contributed by atoms with E-state index in [1.165, 1.54) is 11.5 Å². The number of nitrogens with one attached hydrogen (secondary N) is 1. The van der Waals surface area contributed by atoms with Crippen molar-refractivity contribution in [3.05, 3.63) is 23.2 Å². The Bertz CT molecular complexity index is 311. The number of hydrogen-bond acceptors (Lipinski definition) is 4. The molecule has 0 aliphatic carbocycles. The Morgan fingerprint density at radius 3 is 2.57 bits per heavy atom. The van der Waals surface area contributed by atoms with Gasteiger partial charge in [0, 0.05) is 5.41 Å². The third kappa shape index (κ3) is 2.19. The van der Waals surface area contributed by atoms with Gasteiger partial charge in [-0.1, -0.05) is 31.3 Å². The summed E-state index contributed by atoms with van der Waals surface area (Å²) in [5.74, 6) is 0. The van der Waals surface area contributed by atoms with Crippen LogP contribution in [0, 0.1) is 0 Å². The van der Waals surface area contributed by atoms with Crippen LogP contribution in [0.5, 0.6) is 0 Å². The Hall–Kier alpha value is -0.740. The largest absolute Gasteiger partial charge is 0.309 e. The lowest BCUT2D eigenvalue weighted by Gasteiger charge is -2.19. The Kier molecular flexibility index (Phi) is 3.39. The van der Waals surface area contributed by atoms with Crippen LogP contribution >= 0.6 is 11.5 Å². The molecule has 0 aliphatic rings. The highest BCUT2D eigenvalue weighted by molar-refractivity contribution is 7.05. The average Bonchev–Trinajstić information content (AvgIpc) is 2.54. The molecular formula is C10H17N3S. The highest BCUT2D eigenvalue weighted by Gasteiger charge is 2.25. The van der Waals surface area contributed by atoms with Gasteiger partial charge in [0.25, 0.3) is 0 Å². The Morgan fingerprint density at radius 2 is 2.14 bits per heavy atom. The molecule has 0 saturated heterocycles. The first-order valence-electron chi connectivity index (χ1n) is 4.63. The molecule has 0 amide bonds. The highest BCUT2D eigenvalue weighted by Crippen LogP contribution is 2.30. The molecular weight excluding hydrogens is 194 g/mol. The monoisotopic (exact) mass is 211 g/mol. The number of nitrogens with zero attached hydrogens (tertiary/aromatic N) is 2. The van der Waals surface area contributed by atoms with E-state index < -0.39 is 0 Å². The van der Waals surface area contributed by atoms with Crippen LogP contribution in [-0.2, 0) is 5.41 Å². The van der Waals surface area contributed by atoms with Crippen LogP contribution < -0.4 is 5.32 Å². The maximum absolute atomic E-state index is 4.19. The summed E-state index contributed by atoms with van der Waals surface area (Å²) in [7, 11) is 1.92. The molecule has 14 heavy (non-hydrogen) atoms. The summed E-state index contributed by atoms with van der Waals surface area (Å²) in [6.07, 6.45) is 1.88. The number of rotatable bonds is 3. The van der Waals surface area contributed by atoms with Gasteiger partial charge in [0.2, 0.25) is 0 Å². The molecule has 0 radical (unpaired) electrons. The van der Waals surface area contributed by atoms with Crippen LogP contribution in [0.3, 0.4) is 0 Å². The minimum Gasteiger partial charge on any atom is -0.309 e. The van der Waals surface area contributed by atoms with E-state index in [4.69, 9.17) is 0 Å². The lowest BCUT2D eigenvalue weighted by atomic mass is 9.90. The van der Waals surface area contributed by atoms with E-state index in [0.29, 0.717) is 0 Å². The van der Waals surface area contributed by atoms with E-state index in [1.54, 1.807) is 0 Å². The van der Waals surface area contributed by atoms with Crippen LogP contribution in [0.25, 0.3) is 0 Å².